The van der Waals surface area contributed by atoms with Crippen molar-refractivity contribution >= 4 is 29.7 Å². The SMILES string of the molecule is Cl.O=C(NCC1CNC1)c1ccc(-c2ccc(F)cc2)s1. The fourth-order valence-electron chi connectivity index (χ4n) is 2.05. The predicted octanol–water partition coefficient (Wildman–Crippen LogP) is 2.93. The summed E-state index contributed by atoms with van der Waals surface area (Å²) in [5.41, 5.74) is 0.929. The van der Waals surface area contributed by atoms with Gasteiger partial charge in [0, 0.05) is 30.4 Å². The van der Waals surface area contributed by atoms with Crippen molar-refractivity contribution in [2.24, 2.45) is 5.92 Å². The van der Waals surface area contributed by atoms with Crippen molar-refractivity contribution in [2.75, 3.05) is 19.6 Å². The molecular formula is C15H16ClFN2OS. The molecule has 1 fully saturated rings. The maximum Gasteiger partial charge on any atom is 0.261 e. The second-order valence-corrected chi connectivity index (χ2v) is 5.99. The van der Waals surface area contributed by atoms with Crippen LogP contribution in [0.1, 0.15) is 9.67 Å². The molecule has 2 aromatic rings. The third-order valence-corrected chi connectivity index (χ3v) is 4.51. The summed E-state index contributed by atoms with van der Waals surface area (Å²) >= 11 is 1.43. The summed E-state index contributed by atoms with van der Waals surface area (Å²) in [7, 11) is 0. The summed E-state index contributed by atoms with van der Waals surface area (Å²) < 4.78 is 12.9. The highest BCUT2D eigenvalue weighted by atomic mass is 35.5. The summed E-state index contributed by atoms with van der Waals surface area (Å²) in [4.78, 5) is 13.7. The van der Waals surface area contributed by atoms with Crippen LogP contribution in [0, 0.1) is 11.7 Å². The zero-order chi connectivity index (χ0) is 13.9. The van der Waals surface area contributed by atoms with E-state index in [9.17, 15) is 9.18 Å². The molecule has 2 N–H and O–H groups in total. The largest absolute Gasteiger partial charge is 0.351 e. The van der Waals surface area contributed by atoms with Gasteiger partial charge in [-0.05, 0) is 29.8 Å². The number of amides is 1. The summed E-state index contributed by atoms with van der Waals surface area (Å²) in [5, 5.41) is 6.12. The average molecular weight is 327 g/mol. The first-order valence-corrected chi connectivity index (χ1v) is 7.39. The van der Waals surface area contributed by atoms with Gasteiger partial charge in [0.25, 0.3) is 5.91 Å². The molecule has 0 unspecified atom stereocenters. The number of carbonyl (C=O) groups is 1. The Labute approximate surface area is 133 Å². The third-order valence-electron chi connectivity index (χ3n) is 3.38. The molecule has 21 heavy (non-hydrogen) atoms. The van der Waals surface area contributed by atoms with Gasteiger partial charge >= 0.3 is 0 Å². The molecule has 1 amide bonds. The summed E-state index contributed by atoms with van der Waals surface area (Å²) in [6.45, 7) is 2.67. The van der Waals surface area contributed by atoms with Crippen LogP contribution in [0.3, 0.4) is 0 Å². The molecule has 0 spiro atoms. The Hall–Kier alpha value is -1.43. The van der Waals surface area contributed by atoms with Gasteiger partial charge in [-0.25, -0.2) is 4.39 Å². The molecule has 1 aliphatic rings. The molecule has 3 nitrogen and oxygen atoms in total. The molecule has 2 heterocycles. The molecule has 1 saturated heterocycles. The highest BCUT2D eigenvalue weighted by Crippen LogP contribution is 2.28. The van der Waals surface area contributed by atoms with Gasteiger partial charge in [-0.3, -0.25) is 4.79 Å². The van der Waals surface area contributed by atoms with E-state index in [-0.39, 0.29) is 24.1 Å². The normalized spacial score (nSPS) is 14.1. The van der Waals surface area contributed by atoms with Crippen LogP contribution in [0.2, 0.25) is 0 Å². The maximum absolute atomic E-state index is 12.9. The van der Waals surface area contributed by atoms with Crippen LogP contribution in [0.15, 0.2) is 36.4 Å². The van der Waals surface area contributed by atoms with E-state index in [0.717, 1.165) is 30.1 Å². The van der Waals surface area contributed by atoms with Gasteiger partial charge in [-0.2, -0.15) is 0 Å². The van der Waals surface area contributed by atoms with Gasteiger partial charge in [0.15, 0.2) is 0 Å². The zero-order valence-electron chi connectivity index (χ0n) is 11.3. The molecular weight excluding hydrogens is 311 g/mol. The Balaban J connectivity index is 0.00000161. The number of rotatable bonds is 4. The standard InChI is InChI=1S/C15H15FN2OS.ClH/c16-12-3-1-11(2-4-12)13-5-6-14(20-13)15(19)18-9-10-7-17-8-10;/h1-6,10,17H,7-9H2,(H,18,19);1H. The van der Waals surface area contributed by atoms with E-state index < -0.39 is 0 Å². The molecule has 1 aromatic heterocycles. The monoisotopic (exact) mass is 326 g/mol. The molecule has 0 saturated carbocycles. The highest BCUT2D eigenvalue weighted by Gasteiger charge is 2.18. The molecule has 112 valence electrons. The Bertz CT molecular complexity index is 610. The second kappa shape index (κ2) is 7.02. The first kappa shape index (κ1) is 15.9. The molecule has 1 aromatic carbocycles. The van der Waals surface area contributed by atoms with Crippen molar-refractivity contribution in [2.45, 2.75) is 0 Å². The Morgan fingerprint density at radius 3 is 2.57 bits per heavy atom. The summed E-state index contributed by atoms with van der Waals surface area (Å²) in [5.74, 6) is 0.267. The van der Waals surface area contributed by atoms with E-state index in [0.29, 0.717) is 10.8 Å². The van der Waals surface area contributed by atoms with E-state index in [1.165, 1.54) is 23.5 Å². The molecule has 0 atom stereocenters. The van der Waals surface area contributed by atoms with Crippen LogP contribution in [0.5, 0.6) is 0 Å². The lowest BCUT2D eigenvalue weighted by molar-refractivity contribution is 0.0946. The van der Waals surface area contributed by atoms with E-state index in [2.05, 4.69) is 10.6 Å². The number of thiophene rings is 1. The Morgan fingerprint density at radius 1 is 1.24 bits per heavy atom. The number of carbonyl (C=O) groups excluding carboxylic acids is 1. The highest BCUT2D eigenvalue weighted by molar-refractivity contribution is 7.17. The summed E-state index contributed by atoms with van der Waals surface area (Å²) in [6, 6.07) is 10.0. The minimum absolute atomic E-state index is 0. The van der Waals surface area contributed by atoms with Gasteiger partial charge in [0.05, 0.1) is 4.88 Å². The van der Waals surface area contributed by atoms with Crippen LogP contribution in [0.4, 0.5) is 4.39 Å². The number of hydrogen-bond donors (Lipinski definition) is 2. The fraction of sp³-hybridized carbons (Fsp3) is 0.267. The van der Waals surface area contributed by atoms with Gasteiger partial charge in [-0.15, -0.1) is 23.7 Å². The van der Waals surface area contributed by atoms with E-state index in [1.807, 2.05) is 12.1 Å². The summed E-state index contributed by atoms with van der Waals surface area (Å²) in [6.07, 6.45) is 0. The number of nitrogens with one attached hydrogen (secondary N) is 2. The van der Waals surface area contributed by atoms with Crippen molar-refractivity contribution in [1.29, 1.82) is 0 Å². The first-order valence-electron chi connectivity index (χ1n) is 6.57. The van der Waals surface area contributed by atoms with Crippen molar-refractivity contribution in [3.05, 3.63) is 47.1 Å². The molecule has 6 heteroatoms. The van der Waals surface area contributed by atoms with Gasteiger partial charge in [0.2, 0.25) is 0 Å². The van der Waals surface area contributed by atoms with Crippen molar-refractivity contribution in [1.82, 2.24) is 10.6 Å². The van der Waals surface area contributed by atoms with Crippen molar-refractivity contribution < 1.29 is 9.18 Å². The zero-order valence-corrected chi connectivity index (χ0v) is 12.9. The van der Waals surface area contributed by atoms with Gasteiger partial charge in [-0.1, -0.05) is 12.1 Å². The van der Waals surface area contributed by atoms with Crippen LogP contribution in [-0.4, -0.2) is 25.5 Å². The smallest absolute Gasteiger partial charge is 0.261 e. The lowest BCUT2D eigenvalue weighted by Crippen LogP contribution is -2.48. The van der Waals surface area contributed by atoms with E-state index in [1.54, 1.807) is 12.1 Å². The molecule has 3 rings (SSSR count). The van der Waals surface area contributed by atoms with Crippen LogP contribution < -0.4 is 10.6 Å². The number of benzene rings is 1. The quantitative estimate of drug-likeness (QED) is 0.907. The van der Waals surface area contributed by atoms with Crippen LogP contribution in [-0.2, 0) is 0 Å². The molecule has 0 aliphatic carbocycles. The van der Waals surface area contributed by atoms with Crippen LogP contribution in [0.25, 0.3) is 10.4 Å². The number of hydrogen-bond acceptors (Lipinski definition) is 3. The third kappa shape index (κ3) is 3.81. The van der Waals surface area contributed by atoms with Gasteiger partial charge < -0.3 is 10.6 Å². The lowest BCUT2D eigenvalue weighted by atomic mass is 10.0. The van der Waals surface area contributed by atoms with Crippen LogP contribution >= 0.6 is 23.7 Å². The predicted molar refractivity (Wildman–Crippen MR) is 85.7 cm³/mol. The van der Waals surface area contributed by atoms with Gasteiger partial charge in [0.1, 0.15) is 5.82 Å². The minimum atomic E-state index is -0.252. The fourth-order valence-corrected chi connectivity index (χ4v) is 2.97. The second-order valence-electron chi connectivity index (χ2n) is 4.91. The van der Waals surface area contributed by atoms with E-state index >= 15 is 0 Å². The van der Waals surface area contributed by atoms with Crippen molar-refractivity contribution in [3.8, 4) is 10.4 Å². The Kier molecular flexibility index (Phi) is 5.33. The molecule has 0 bridgehead atoms. The topological polar surface area (TPSA) is 41.1 Å². The maximum atomic E-state index is 12.9. The number of halogens is 2. The molecule has 0 radical (unpaired) electrons. The van der Waals surface area contributed by atoms with E-state index in [4.69, 9.17) is 0 Å². The Morgan fingerprint density at radius 2 is 1.95 bits per heavy atom. The first-order chi connectivity index (χ1) is 9.72. The lowest BCUT2D eigenvalue weighted by Gasteiger charge is -2.26. The van der Waals surface area contributed by atoms with Crippen molar-refractivity contribution in [3.63, 3.8) is 0 Å². The average Bonchev–Trinajstić information content (AvgIpc) is 2.87. The minimum Gasteiger partial charge on any atom is -0.351 e. The molecule has 1 aliphatic heterocycles.